The summed E-state index contributed by atoms with van der Waals surface area (Å²) in [6.45, 7) is 6.79. The van der Waals surface area contributed by atoms with Gasteiger partial charge in [0, 0.05) is 40.7 Å². The highest BCUT2D eigenvalue weighted by atomic mass is 35.5. The number of hydrogen-bond donors (Lipinski definition) is 2. The van der Waals surface area contributed by atoms with E-state index in [1.165, 1.54) is 0 Å². The molecular formula is C18H23Cl2N3O2. The maximum Gasteiger partial charge on any atom is 0.136 e. The second kappa shape index (κ2) is 8.32. The van der Waals surface area contributed by atoms with E-state index in [1.54, 1.807) is 25.3 Å². The molecule has 2 N–H and O–H groups in total. The summed E-state index contributed by atoms with van der Waals surface area (Å²) in [4.78, 5) is 9.08. The topological polar surface area (TPSA) is 67.3 Å². The van der Waals surface area contributed by atoms with Gasteiger partial charge in [-0.2, -0.15) is 0 Å². The molecule has 0 fully saturated rings. The van der Waals surface area contributed by atoms with E-state index >= 15 is 0 Å². The highest BCUT2D eigenvalue weighted by molar-refractivity contribution is 6.35. The van der Waals surface area contributed by atoms with Crippen molar-refractivity contribution in [2.24, 2.45) is 0 Å². The average molecular weight is 384 g/mol. The van der Waals surface area contributed by atoms with Gasteiger partial charge in [0.05, 0.1) is 18.4 Å². The number of halogens is 2. The van der Waals surface area contributed by atoms with Crippen molar-refractivity contribution in [2.45, 2.75) is 38.9 Å². The Morgan fingerprint density at radius 2 is 1.92 bits per heavy atom. The lowest BCUT2D eigenvalue weighted by Gasteiger charge is -2.20. The van der Waals surface area contributed by atoms with Gasteiger partial charge in [-0.05, 0) is 12.1 Å². The molecule has 136 valence electrons. The lowest BCUT2D eigenvalue weighted by atomic mass is 9.95. The Balaban J connectivity index is 2.17. The number of methoxy groups -OCH3 is 1. The van der Waals surface area contributed by atoms with Crippen LogP contribution in [0.2, 0.25) is 10.0 Å². The molecule has 1 heterocycles. The van der Waals surface area contributed by atoms with Crippen LogP contribution in [0.1, 0.15) is 44.0 Å². The van der Waals surface area contributed by atoms with E-state index in [2.05, 4.69) is 15.3 Å². The number of aliphatic hydroxyl groups is 1. The number of benzene rings is 1. The second-order valence-corrected chi connectivity index (χ2v) is 7.66. The monoisotopic (exact) mass is 383 g/mol. The molecule has 0 amide bonds. The molecule has 0 aliphatic heterocycles. The number of nitrogens with zero attached hydrogens (tertiary/aromatic N) is 2. The van der Waals surface area contributed by atoms with Crippen molar-refractivity contribution < 1.29 is 9.84 Å². The number of nitrogens with one attached hydrogen (secondary N) is 1. The van der Waals surface area contributed by atoms with E-state index in [0.29, 0.717) is 33.9 Å². The molecule has 5 nitrogen and oxygen atoms in total. The van der Waals surface area contributed by atoms with Crippen molar-refractivity contribution in [1.29, 1.82) is 0 Å². The molecule has 1 unspecified atom stereocenters. The molecule has 2 rings (SSSR count). The zero-order valence-corrected chi connectivity index (χ0v) is 16.3. The summed E-state index contributed by atoms with van der Waals surface area (Å²) in [5.41, 5.74) is 1.20. The first-order chi connectivity index (χ1) is 11.7. The van der Waals surface area contributed by atoms with Crippen LogP contribution in [-0.4, -0.2) is 28.7 Å². The maximum atomic E-state index is 10.4. The molecule has 7 heteroatoms. The fraction of sp³-hybridized carbons (Fsp3) is 0.444. The highest BCUT2D eigenvalue weighted by Crippen LogP contribution is 2.27. The van der Waals surface area contributed by atoms with Crippen LogP contribution in [0.3, 0.4) is 0 Å². The van der Waals surface area contributed by atoms with Crippen LogP contribution in [-0.2, 0) is 16.8 Å². The molecular weight excluding hydrogens is 361 g/mol. The van der Waals surface area contributed by atoms with Gasteiger partial charge in [-0.15, -0.1) is 0 Å². The first kappa shape index (κ1) is 19.9. The van der Waals surface area contributed by atoms with Crippen LogP contribution in [0.15, 0.2) is 24.3 Å². The van der Waals surface area contributed by atoms with Crippen LogP contribution in [0.5, 0.6) is 0 Å². The van der Waals surface area contributed by atoms with Gasteiger partial charge in [0.25, 0.3) is 0 Å². The Hall–Kier alpha value is -1.40. The third-order valence-electron chi connectivity index (χ3n) is 3.54. The summed E-state index contributed by atoms with van der Waals surface area (Å²) in [5.74, 6) is 1.35. The van der Waals surface area contributed by atoms with Gasteiger partial charge in [-0.25, -0.2) is 9.97 Å². The minimum Gasteiger partial charge on any atom is -0.387 e. The SMILES string of the molecule is COCc1cc(NCC(O)c2ccc(Cl)cc2Cl)nc(C(C)(C)C)n1. The van der Waals surface area contributed by atoms with E-state index in [4.69, 9.17) is 27.9 Å². The first-order valence-electron chi connectivity index (χ1n) is 7.95. The van der Waals surface area contributed by atoms with Crippen molar-refractivity contribution in [3.8, 4) is 0 Å². The van der Waals surface area contributed by atoms with E-state index in [9.17, 15) is 5.11 Å². The summed E-state index contributed by atoms with van der Waals surface area (Å²) < 4.78 is 5.18. The lowest BCUT2D eigenvalue weighted by molar-refractivity contribution is 0.181. The quantitative estimate of drug-likeness (QED) is 0.774. The molecule has 1 aromatic heterocycles. The average Bonchev–Trinajstić information content (AvgIpc) is 2.52. The largest absolute Gasteiger partial charge is 0.387 e. The van der Waals surface area contributed by atoms with Gasteiger partial charge in [-0.3, -0.25) is 0 Å². The van der Waals surface area contributed by atoms with E-state index in [1.807, 2.05) is 26.8 Å². The summed E-state index contributed by atoms with van der Waals surface area (Å²) >= 11 is 12.0. The van der Waals surface area contributed by atoms with Gasteiger partial charge in [0.2, 0.25) is 0 Å². The molecule has 0 radical (unpaired) electrons. The number of ether oxygens (including phenoxy) is 1. The van der Waals surface area contributed by atoms with Gasteiger partial charge in [0.1, 0.15) is 11.6 Å². The van der Waals surface area contributed by atoms with Gasteiger partial charge in [0.15, 0.2) is 0 Å². The number of anilines is 1. The van der Waals surface area contributed by atoms with Crippen LogP contribution in [0.25, 0.3) is 0 Å². The first-order valence-corrected chi connectivity index (χ1v) is 8.70. The zero-order chi connectivity index (χ0) is 18.6. The van der Waals surface area contributed by atoms with Crippen LogP contribution < -0.4 is 5.32 Å². The predicted octanol–water partition coefficient (Wildman–Crippen LogP) is 4.37. The van der Waals surface area contributed by atoms with Crippen LogP contribution in [0, 0.1) is 0 Å². The van der Waals surface area contributed by atoms with Crippen molar-refractivity contribution in [1.82, 2.24) is 9.97 Å². The van der Waals surface area contributed by atoms with Crippen LogP contribution in [0.4, 0.5) is 5.82 Å². The lowest BCUT2D eigenvalue weighted by Crippen LogP contribution is -2.20. The summed E-state index contributed by atoms with van der Waals surface area (Å²) in [6, 6.07) is 6.84. The van der Waals surface area contributed by atoms with E-state index in [-0.39, 0.29) is 12.0 Å². The summed E-state index contributed by atoms with van der Waals surface area (Å²) in [7, 11) is 1.62. The fourth-order valence-corrected chi connectivity index (χ4v) is 2.76. The second-order valence-electron chi connectivity index (χ2n) is 6.81. The highest BCUT2D eigenvalue weighted by Gasteiger charge is 2.20. The van der Waals surface area contributed by atoms with Crippen molar-refractivity contribution in [2.75, 3.05) is 19.0 Å². The number of aromatic nitrogens is 2. The summed E-state index contributed by atoms with van der Waals surface area (Å²) in [6.07, 6.45) is -0.788. The predicted molar refractivity (Wildman–Crippen MR) is 101 cm³/mol. The van der Waals surface area contributed by atoms with E-state index < -0.39 is 6.10 Å². The molecule has 1 atom stereocenters. The Labute approximate surface area is 158 Å². The Morgan fingerprint density at radius 3 is 2.52 bits per heavy atom. The van der Waals surface area contributed by atoms with Gasteiger partial charge in [-0.1, -0.05) is 50.0 Å². The Morgan fingerprint density at radius 1 is 1.20 bits per heavy atom. The Kier molecular flexibility index (Phi) is 6.63. The van der Waals surface area contributed by atoms with Gasteiger partial charge < -0.3 is 15.2 Å². The number of aliphatic hydroxyl groups excluding tert-OH is 1. The van der Waals surface area contributed by atoms with E-state index in [0.717, 1.165) is 5.69 Å². The van der Waals surface area contributed by atoms with Crippen LogP contribution >= 0.6 is 23.2 Å². The summed E-state index contributed by atoms with van der Waals surface area (Å²) in [5, 5.41) is 14.5. The molecule has 0 bridgehead atoms. The smallest absolute Gasteiger partial charge is 0.136 e. The van der Waals surface area contributed by atoms with Crippen molar-refractivity contribution in [3.63, 3.8) is 0 Å². The molecule has 0 saturated carbocycles. The molecule has 1 aromatic carbocycles. The molecule has 0 aliphatic rings. The van der Waals surface area contributed by atoms with Crippen molar-refractivity contribution in [3.05, 3.63) is 51.4 Å². The number of hydrogen-bond acceptors (Lipinski definition) is 5. The molecule has 25 heavy (non-hydrogen) atoms. The van der Waals surface area contributed by atoms with Crippen molar-refractivity contribution >= 4 is 29.0 Å². The zero-order valence-electron chi connectivity index (χ0n) is 14.8. The molecule has 0 saturated heterocycles. The minimum absolute atomic E-state index is 0.196. The molecule has 0 aliphatic carbocycles. The third kappa shape index (κ3) is 5.54. The number of rotatable bonds is 6. The van der Waals surface area contributed by atoms with Gasteiger partial charge >= 0.3 is 0 Å². The third-order valence-corrected chi connectivity index (χ3v) is 4.10. The Bertz CT molecular complexity index is 733. The normalized spacial score (nSPS) is 12.9. The molecule has 0 spiro atoms. The maximum absolute atomic E-state index is 10.4. The fourth-order valence-electron chi connectivity index (χ4n) is 2.23. The minimum atomic E-state index is -0.788. The standard InChI is InChI=1S/C18H23Cl2N3O2/c1-18(2,3)17-22-12(10-25-4)8-16(23-17)21-9-15(24)13-6-5-11(19)7-14(13)20/h5-8,15,24H,9-10H2,1-4H3,(H,21,22,23). The molecule has 2 aromatic rings.